The number of carbonyl (C=O) groups is 1. The van der Waals surface area contributed by atoms with E-state index in [2.05, 4.69) is 36.9 Å². The Balaban J connectivity index is 0.00000392. The first-order valence-electron chi connectivity index (χ1n) is 8.92. The standard InChI is InChI=1S/C20H27BrN4O2.HI/c1-20(2,18(26)22-3)14-25-19(23-11-10-17-5-4-12-27-17)24-13-15-6-8-16(21)9-7-15;/h4-9,12H,10-11,13-14H2,1-3H3,(H,22,26)(H2,23,24,25);1H. The maximum absolute atomic E-state index is 12.0. The van der Waals surface area contributed by atoms with E-state index in [0.29, 0.717) is 25.6 Å². The minimum absolute atomic E-state index is 0. The molecule has 1 aromatic carbocycles. The van der Waals surface area contributed by atoms with Crippen LogP contribution in [0.5, 0.6) is 0 Å². The molecule has 0 saturated carbocycles. The average molecular weight is 563 g/mol. The van der Waals surface area contributed by atoms with Crippen LogP contribution in [0, 0.1) is 5.41 Å². The van der Waals surface area contributed by atoms with Crippen LogP contribution in [-0.4, -0.2) is 32.0 Å². The quantitative estimate of drug-likeness (QED) is 0.260. The van der Waals surface area contributed by atoms with E-state index in [1.165, 1.54) is 0 Å². The van der Waals surface area contributed by atoms with E-state index in [1.54, 1.807) is 13.3 Å². The maximum Gasteiger partial charge on any atom is 0.227 e. The summed E-state index contributed by atoms with van der Waals surface area (Å²) in [4.78, 5) is 16.6. The highest BCUT2D eigenvalue weighted by atomic mass is 127. The number of amides is 1. The predicted molar refractivity (Wildman–Crippen MR) is 127 cm³/mol. The van der Waals surface area contributed by atoms with Crippen molar-refractivity contribution in [2.75, 3.05) is 20.1 Å². The van der Waals surface area contributed by atoms with Crippen molar-refractivity contribution in [2.24, 2.45) is 10.4 Å². The lowest BCUT2D eigenvalue weighted by Gasteiger charge is -2.24. The largest absolute Gasteiger partial charge is 0.469 e. The molecule has 0 aliphatic rings. The number of hydrogen-bond acceptors (Lipinski definition) is 3. The molecule has 2 aromatic rings. The van der Waals surface area contributed by atoms with Gasteiger partial charge in [0.15, 0.2) is 5.96 Å². The molecule has 28 heavy (non-hydrogen) atoms. The minimum Gasteiger partial charge on any atom is -0.469 e. The number of rotatable bonds is 8. The fraction of sp³-hybridized carbons (Fsp3) is 0.400. The van der Waals surface area contributed by atoms with Crippen LogP contribution in [0.3, 0.4) is 0 Å². The van der Waals surface area contributed by atoms with Crippen molar-refractivity contribution in [2.45, 2.75) is 26.8 Å². The lowest BCUT2D eigenvalue weighted by Crippen LogP contribution is -2.47. The molecule has 0 atom stereocenters. The van der Waals surface area contributed by atoms with E-state index >= 15 is 0 Å². The average Bonchev–Trinajstić information content (AvgIpc) is 3.17. The van der Waals surface area contributed by atoms with E-state index in [0.717, 1.165) is 22.2 Å². The molecule has 0 aliphatic heterocycles. The van der Waals surface area contributed by atoms with Crippen molar-refractivity contribution in [3.05, 3.63) is 58.5 Å². The summed E-state index contributed by atoms with van der Waals surface area (Å²) in [5.74, 6) is 1.57. The molecule has 8 heteroatoms. The third-order valence-corrected chi connectivity index (χ3v) is 4.65. The molecule has 154 valence electrons. The van der Waals surface area contributed by atoms with E-state index < -0.39 is 5.41 Å². The second-order valence-electron chi connectivity index (χ2n) is 6.86. The van der Waals surface area contributed by atoms with Crippen molar-refractivity contribution in [1.82, 2.24) is 16.0 Å². The van der Waals surface area contributed by atoms with E-state index in [9.17, 15) is 4.79 Å². The van der Waals surface area contributed by atoms with E-state index in [-0.39, 0.29) is 29.9 Å². The molecule has 1 aromatic heterocycles. The minimum atomic E-state index is -0.546. The molecule has 2 rings (SSSR count). The molecule has 0 radical (unpaired) electrons. The van der Waals surface area contributed by atoms with Gasteiger partial charge in [-0.3, -0.25) is 4.79 Å². The second-order valence-corrected chi connectivity index (χ2v) is 7.78. The Morgan fingerprint density at radius 2 is 1.89 bits per heavy atom. The normalized spacial score (nSPS) is 11.5. The summed E-state index contributed by atoms with van der Waals surface area (Å²) in [6.45, 7) is 5.49. The fourth-order valence-electron chi connectivity index (χ4n) is 2.42. The van der Waals surface area contributed by atoms with Crippen LogP contribution in [-0.2, 0) is 17.8 Å². The highest BCUT2D eigenvalue weighted by Crippen LogP contribution is 2.13. The third kappa shape index (κ3) is 8.22. The molecular weight excluding hydrogens is 535 g/mol. The Morgan fingerprint density at radius 3 is 2.50 bits per heavy atom. The lowest BCUT2D eigenvalue weighted by molar-refractivity contribution is -0.128. The number of halogens is 2. The summed E-state index contributed by atoms with van der Waals surface area (Å²) >= 11 is 3.44. The summed E-state index contributed by atoms with van der Waals surface area (Å²) in [6, 6.07) is 11.9. The van der Waals surface area contributed by atoms with Crippen LogP contribution >= 0.6 is 39.9 Å². The second kappa shape index (κ2) is 12.1. The zero-order chi connectivity index (χ0) is 19.7. The first-order chi connectivity index (χ1) is 12.9. The molecule has 0 spiro atoms. The van der Waals surface area contributed by atoms with Crippen molar-refractivity contribution in [1.29, 1.82) is 0 Å². The van der Waals surface area contributed by atoms with Gasteiger partial charge in [0, 0.05) is 31.0 Å². The van der Waals surface area contributed by atoms with Crippen molar-refractivity contribution in [3.8, 4) is 0 Å². The molecule has 3 N–H and O–H groups in total. The van der Waals surface area contributed by atoms with Crippen LogP contribution in [0.2, 0.25) is 0 Å². The zero-order valence-corrected chi connectivity index (χ0v) is 20.3. The smallest absolute Gasteiger partial charge is 0.227 e. The predicted octanol–water partition coefficient (Wildman–Crippen LogP) is 3.71. The zero-order valence-electron chi connectivity index (χ0n) is 16.4. The van der Waals surface area contributed by atoms with Crippen LogP contribution in [0.25, 0.3) is 0 Å². The van der Waals surface area contributed by atoms with Crippen LogP contribution in [0.1, 0.15) is 25.2 Å². The fourth-order valence-corrected chi connectivity index (χ4v) is 2.68. The molecule has 0 unspecified atom stereocenters. The Hall–Kier alpha value is -1.55. The molecule has 0 fully saturated rings. The first kappa shape index (κ1) is 24.5. The van der Waals surface area contributed by atoms with Gasteiger partial charge in [-0.1, -0.05) is 28.1 Å². The van der Waals surface area contributed by atoms with Crippen molar-refractivity contribution in [3.63, 3.8) is 0 Å². The number of benzene rings is 1. The molecule has 0 saturated heterocycles. The van der Waals surface area contributed by atoms with E-state index in [1.807, 2.05) is 50.2 Å². The van der Waals surface area contributed by atoms with Crippen LogP contribution in [0.4, 0.5) is 0 Å². The van der Waals surface area contributed by atoms with Gasteiger partial charge >= 0.3 is 0 Å². The molecule has 0 aliphatic carbocycles. The number of carbonyl (C=O) groups excluding carboxylic acids is 1. The third-order valence-electron chi connectivity index (χ3n) is 4.12. The number of nitrogens with one attached hydrogen (secondary N) is 3. The highest BCUT2D eigenvalue weighted by molar-refractivity contribution is 14.0. The van der Waals surface area contributed by atoms with E-state index in [4.69, 9.17) is 4.42 Å². The van der Waals surface area contributed by atoms with Crippen molar-refractivity contribution >= 4 is 51.8 Å². The number of nitrogens with zero attached hydrogens (tertiary/aromatic N) is 1. The summed E-state index contributed by atoms with van der Waals surface area (Å²) in [5.41, 5.74) is 0.561. The van der Waals surface area contributed by atoms with Gasteiger partial charge in [-0.05, 0) is 43.7 Å². The highest BCUT2D eigenvalue weighted by Gasteiger charge is 2.26. The Bertz CT molecular complexity index is 746. The van der Waals surface area contributed by atoms with Gasteiger partial charge in [0.1, 0.15) is 5.76 Å². The number of guanidine groups is 1. The van der Waals surface area contributed by atoms with Gasteiger partial charge < -0.3 is 20.4 Å². The first-order valence-corrected chi connectivity index (χ1v) is 9.71. The summed E-state index contributed by atoms with van der Waals surface area (Å²) in [5, 5.41) is 9.28. The summed E-state index contributed by atoms with van der Waals surface area (Å²) < 4.78 is 6.40. The molecule has 0 bridgehead atoms. The SMILES string of the molecule is CNC(=O)C(C)(C)CNC(=NCc1ccc(Br)cc1)NCCc1ccco1.I. The summed E-state index contributed by atoms with van der Waals surface area (Å²) in [6.07, 6.45) is 2.42. The topological polar surface area (TPSA) is 78.7 Å². The molecule has 1 amide bonds. The molecular formula is C20H28BrIN4O2. The lowest BCUT2D eigenvalue weighted by atomic mass is 9.92. The molecule has 6 nitrogen and oxygen atoms in total. The number of aliphatic imine (C=N–C) groups is 1. The van der Waals surface area contributed by atoms with Crippen LogP contribution < -0.4 is 16.0 Å². The van der Waals surface area contributed by atoms with Gasteiger partial charge in [0.2, 0.25) is 5.91 Å². The van der Waals surface area contributed by atoms with Gasteiger partial charge in [0.05, 0.1) is 18.2 Å². The number of furan rings is 1. The summed E-state index contributed by atoms with van der Waals surface area (Å²) in [7, 11) is 1.65. The maximum atomic E-state index is 12.0. The Morgan fingerprint density at radius 1 is 1.18 bits per heavy atom. The monoisotopic (exact) mass is 562 g/mol. The van der Waals surface area contributed by atoms with Gasteiger partial charge in [0.25, 0.3) is 0 Å². The van der Waals surface area contributed by atoms with Gasteiger partial charge in [-0.15, -0.1) is 24.0 Å². The molecule has 1 heterocycles. The van der Waals surface area contributed by atoms with Crippen molar-refractivity contribution < 1.29 is 9.21 Å². The Kier molecular flexibility index (Phi) is 10.6. The van der Waals surface area contributed by atoms with Crippen LogP contribution in [0.15, 0.2) is 56.5 Å². The van der Waals surface area contributed by atoms with Gasteiger partial charge in [-0.2, -0.15) is 0 Å². The number of hydrogen-bond donors (Lipinski definition) is 3. The Labute approximate surface area is 192 Å². The van der Waals surface area contributed by atoms with Gasteiger partial charge in [-0.25, -0.2) is 4.99 Å².